The van der Waals surface area contributed by atoms with E-state index in [2.05, 4.69) is 10.3 Å². The van der Waals surface area contributed by atoms with Crippen LogP contribution in [0.25, 0.3) is 0 Å². The van der Waals surface area contributed by atoms with E-state index in [4.69, 9.17) is 21.6 Å². The molecule has 0 aliphatic heterocycles. The van der Waals surface area contributed by atoms with E-state index in [9.17, 15) is 5.11 Å². The second-order valence-electron chi connectivity index (χ2n) is 3.50. The number of anilines is 1. The average Bonchev–Trinajstić information content (AvgIpc) is 2.28. The number of halogens is 1. The number of nitrogens with zero attached hydrogens (tertiary/aromatic N) is 2. The summed E-state index contributed by atoms with van der Waals surface area (Å²) in [7, 11) is 1.54. The Morgan fingerprint density at radius 2 is 2.41 bits per heavy atom. The van der Waals surface area contributed by atoms with Crippen molar-refractivity contribution in [3.05, 3.63) is 22.8 Å². The Labute approximate surface area is 105 Å². The van der Waals surface area contributed by atoms with Gasteiger partial charge in [0.2, 0.25) is 0 Å². The lowest BCUT2D eigenvalue weighted by molar-refractivity contribution is 0.0615. The number of aliphatic hydroxyl groups excluding tert-OH is 1. The monoisotopic (exact) mass is 255 g/mol. The van der Waals surface area contributed by atoms with Crippen LogP contribution in [0.3, 0.4) is 0 Å². The highest BCUT2D eigenvalue weighted by Crippen LogP contribution is 2.13. The van der Waals surface area contributed by atoms with Crippen LogP contribution in [0.2, 0.25) is 5.15 Å². The maximum absolute atomic E-state index is 9.42. The molecule has 0 radical (unpaired) electrons. The predicted octanol–water partition coefficient (Wildman–Crippen LogP) is 1.42. The van der Waals surface area contributed by atoms with Gasteiger partial charge in [0.05, 0.1) is 24.3 Å². The Kier molecular flexibility index (Phi) is 5.70. The van der Waals surface area contributed by atoms with Crippen molar-refractivity contribution < 1.29 is 9.84 Å². The van der Waals surface area contributed by atoms with E-state index in [0.717, 1.165) is 0 Å². The van der Waals surface area contributed by atoms with Crippen molar-refractivity contribution in [1.29, 1.82) is 5.26 Å². The smallest absolute Gasteiger partial charge is 0.132 e. The Morgan fingerprint density at radius 3 is 3.06 bits per heavy atom. The summed E-state index contributed by atoms with van der Waals surface area (Å²) in [5.74, 6) is 0.527. The molecule has 0 bridgehead atoms. The van der Waals surface area contributed by atoms with E-state index in [-0.39, 0.29) is 5.15 Å². The second-order valence-corrected chi connectivity index (χ2v) is 3.89. The molecule has 1 rings (SSSR count). The van der Waals surface area contributed by atoms with Crippen LogP contribution in [-0.4, -0.2) is 36.5 Å². The van der Waals surface area contributed by atoms with Crippen LogP contribution >= 0.6 is 11.6 Å². The summed E-state index contributed by atoms with van der Waals surface area (Å²) in [6, 6.07) is 5.09. The standard InChI is InChI=1S/C11H14ClN3O2/c1-17-7-9(16)2-3-14-11-5-8(6-13)4-10(12)15-11/h4-5,9,16H,2-3,7H2,1H3,(H,14,15). The molecule has 6 heteroatoms. The first-order chi connectivity index (χ1) is 8.15. The zero-order valence-electron chi connectivity index (χ0n) is 9.48. The van der Waals surface area contributed by atoms with E-state index in [1.165, 1.54) is 13.2 Å². The zero-order chi connectivity index (χ0) is 12.7. The number of aliphatic hydroxyl groups is 1. The number of nitriles is 1. The maximum Gasteiger partial charge on any atom is 0.132 e. The number of hydrogen-bond donors (Lipinski definition) is 2. The number of methoxy groups -OCH3 is 1. The number of hydrogen-bond acceptors (Lipinski definition) is 5. The Balaban J connectivity index is 2.47. The molecule has 5 nitrogen and oxygen atoms in total. The molecular formula is C11H14ClN3O2. The van der Waals surface area contributed by atoms with Crippen molar-refractivity contribution in [2.75, 3.05) is 25.6 Å². The molecule has 92 valence electrons. The minimum absolute atomic E-state index is 0.268. The van der Waals surface area contributed by atoms with Gasteiger partial charge < -0.3 is 15.2 Å². The highest BCUT2D eigenvalue weighted by molar-refractivity contribution is 6.29. The molecule has 1 aromatic rings. The van der Waals surface area contributed by atoms with Crippen LogP contribution in [0.15, 0.2) is 12.1 Å². The van der Waals surface area contributed by atoms with Gasteiger partial charge in [-0.25, -0.2) is 4.98 Å². The normalized spacial score (nSPS) is 11.9. The molecule has 0 spiro atoms. The quantitative estimate of drug-likeness (QED) is 0.752. The van der Waals surface area contributed by atoms with Gasteiger partial charge in [0.15, 0.2) is 0 Å². The summed E-state index contributed by atoms with van der Waals surface area (Å²) in [5, 5.41) is 21.4. The predicted molar refractivity (Wildman–Crippen MR) is 65.0 cm³/mol. The van der Waals surface area contributed by atoms with E-state index in [0.29, 0.717) is 31.0 Å². The van der Waals surface area contributed by atoms with Crippen molar-refractivity contribution in [3.8, 4) is 6.07 Å². The van der Waals surface area contributed by atoms with Gasteiger partial charge in [-0.2, -0.15) is 5.26 Å². The number of rotatable bonds is 6. The highest BCUT2D eigenvalue weighted by atomic mass is 35.5. The topological polar surface area (TPSA) is 78.2 Å². The van der Waals surface area contributed by atoms with Crippen LogP contribution in [0, 0.1) is 11.3 Å². The summed E-state index contributed by atoms with van der Waals surface area (Å²) < 4.78 is 4.80. The first-order valence-corrected chi connectivity index (χ1v) is 5.52. The maximum atomic E-state index is 9.42. The molecule has 0 aliphatic carbocycles. The SMILES string of the molecule is COCC(O)CCNc1cc(C#N)cc(Cl)n1. The fourth-order valence-electron chi connectivity index (χ4n) is 1.29. The van der Waals surface area contributed by atoms with Gasteiger partial charge in [0, 0.05) is 13.7 Å². The van der Waals surface area contributed by atoms with Crippen molar-refractivity contribution in [2.24, 2.45) is 0 Å². The van der Waals surface area contributed by atoms with Crippen molar-refractivity contribution >= 4 is 17.4 Å². The molecule has 0 saturated heterocycles. The molecule has 1 aromatic heterocycles. The molecule has 0 aromatic carbocycles. The summed E-state index contributed by atoms with van der Waals surface area (Å²) in [6.45, 7) is 0.830. The number of ether oxygens (including phenoxy) is 1. The lowest BCUT2D eigenvalue weighted by atomic mass is 10.2. The molecule has 1 atom stereocenters. The van der Waals surface area contributed by atoms with Gasteiger partial charge in [0.25, 0.3) is 0 Å². The minimum Gasteiger partial charge on any atom is -0.391 e. The van der Waals surface area contributed by atoms with Crippen LogP contribution in [0.1, 0.15) is 12.0 Å². The second kappa shape index (κ2) is 7.07. The molecule has 2 N–H and O–H groups in total. The third-order valence-electron chi connectivity index (χ3n) is 2.07. The molecule has 1 unspecified atom stereocenters. The summed E-state index contributed by atoms with van der Waals surface area (Å²) in [6.07, 6.45) is 0.0197. The first kappa shape index (κ1) is 13.7. The van der Waals surface area contributed by atoms with Crippen LogP contribution in [0.4, 0.5) is 5.82 Å². The number of nitrogens with one attached hydrogen (secondary N) is 1. The molecule has 0 fully saturated rings. The lowest BCUT2D eigenvalue weighted by Crippen LogP contribution is -2.18. The highest BCUT2D eigenvalue weighted by Gasteiger charge is 2.04. The summed E-state index contributed by atoms with van der Waals surface area (Å²) in [4.78, 5) is 4.01. The van der Waals surface area contributed by atoms with Gasteiger partial charge in [0.1, 0.15) is 11.0 Å². The van der Waals surface area contributed by atoms with Gasteiger partial charge >= 0.3 is 0 Å². The molecule has 1 heterocycles. The van der Waals surface area contributed by atoms with Gasteiger partial charge in [-0.3, -0.25) is 0 Å². The van der Waals surface area contributed by atoms with E-state index in [1.54, 1.807) is 6.07 Å². The summed E-state index contributed by atoms with van der Waals surface area (Å²) in [5.41, 5.74) is 0.449. The molecule has 0 amide bonds. The average molecular weight is 256 g/mol. The van der Waals surface area contributed by atoms with Crippen molar-refractivity contribution in [2.45, 2.75) is 12.5 Å². The number of pyridine rings is 1. The van der Waals surface area contributed by atoms with Gasteiger partial charge in [-0.05, 0) is 18.6 Å². The fraction of sp³-hybridized carbons (Fsp3) is 0.455. The van der Waals surface area contributed by atoms with Gasteiger partial charge in [-0.1, -0.05) is 11.6 Å². The van der Waals surface area contributed by atoms with Crippen molar-refractivity contribution in [3.63, 3.8) is 0 Å². The van der Waals surface area contributed by atoms with Crippen LogP contribution in [0.5, 0.6) is 0 Å². The van der Waals surface area contributed by atoms with E-state index < -0.39 is 6.10 Å². The molecule has 17 heavy (non-hydrogen) atoms. The summed E-state index contributed by atoms with van der Waals surface area (Å²) >= 11 is 5.75. The first-order valence-electron chi connectivity index (χ1n) is 5.14. The Bertz CT molecular complexity index is 406. The van der Waals surface area contributed by atoms with Gasteiger partial charge in [-0.15, -0.1) is 0 Å². The molecule has 0 aliphatic rings. The Hall–Kier alpha value is -1.35. The van der Waals surface area contributed by atoms with E-state index >= 15 is 0 Å². The van der Waals surface area contributed by atoms with Crippen LogP contribution < -0.4 is 5.32 Å². The van der Waals surface area contributed by atoms with Crippen molar-refractivity contribution in [1.82, 2.24) is 4.98 Å². The third kappa shape index (κ3) is 5.00. The lowest BCUT2D eigenvalue weighted by Gasteiger charge is -2.10. The molecular weight excluding hydrogens is 242 g/mol. The van der Waals surface area contributed by atoms with Crippen LogP contribution in [-0.2, 0) is 4.74 Å². The zero-order valence-corrected chi connectivity index (χ0v) is 10.2. The third-order valence-corrected chi connectivity index (χ3v) is 2.26. The molecule has 0 saturated carbocycles. The van der Waals surface area contributed by atoms with E-state index in [1.807, 2.05) is 6.07 Å². The minimum atomic E-state index is -0.512. The number of aromatic nitrogens is 1. The Morgan fingerprint density at radius 1 is 1.65 bits per heavy atom. The largest absolute Gasteiger partial charge is 0.391 e. The fourth-order valence-corrected chi connectivity index (χ4v) is 1.50.